The van der Waals surface area contributed by atoms with E-state index in [-0.39, 0.29) is 22.2 Å². The van der Waals surface area contributed by atoms with Gasteiger partial charge in [0, 0.05) is 6.54 Å². The van der Waals surface area contributed by atoms with Gasteiger partial charge in [-0.2, -0.15) is 0 Å². The van der Waals surface area contributed by atoms with Crippen LogP contribution >= 0.6 is 0 Å². The SMILES string of the molecule is CCC[SiH2]OCCOCCNCC(N)=O. The lowest BCUT2D eigenvalue weighted by Crippen LogP contribution is -2.31. The van der Waals surface area contributed by atoms with E-state index < -0.39 is 0 Å². The molecule has 0 aromatic carbocycles. The molecule has 0 unspecified atom stereocenters. The molecule has 0 radical (unpaired) electrons. The van der Waals surface area contributed by atoms with Crippen LogP contribution in [0.4, 0.5) is 0 Å². The molecule has 0 aromatic rings. The Morgan fingerprint density at radius 1 is 1.40 bits per heavy atom. The molecule has 6 heteroatoms. The number of carbonyl (C=O) groups excluding carboxylic acids is 1. The second-order valence-electron chi connectivity index (χ2n) is 3.22. The lowest BCUT2D eigenvalue weighted by Gasteiger charge is -2.05. The molecule has 0 aliphatic rings. The van der Waals surface area contributed by atoms with E-state index in [1.54, 1.807) is 0 Å². The van der Waals surface area contributed by atoms with Crippen molar-refractivity contribution in [2.24, 2.45) is 5.73 Å². The zero-order valence-electron chi connectivity index (χ0n) is 9.46. The fourth-order valence-corrected chi connectivity index (χ4v) is 1.74. The van der Waals surface area contributed by atoms with Crippen LogP contribution in [0.15, 0.2) is 0 Å². The maximum absolute atomic E-state index is 10.3. The van der Waals surface area contributed by atoms with Crippen LogP contribution in [0.25, 0.3) is 0 Å². The van der Waals surface area contributed by atoms with Crippen molar-refractivity contribution >= 4 is 15.7 Å². The summed E-state index contributed by atoms with van der Waals surface area (Å²) < 4.78 is 10.7. The summed E-state index contributed by atoms with van der Waals surface area (Å²) in [4.78, 5) is 10.3. The van der Waals surface area contributed by atoms with Crippen LogP contribution in [-0.2, 0) is 14.0 Å². The molecule has 0 heterocycles. The minimum Gasteiger partial charge on any atom is -0.422 e. The van der Waals surface area contributed by atoms with Gasteiger partial charge in [-0.3, -0.25) is 4.79 Å². The zero-order valence-corrected chi connectivity index (χ0v) is 10.9. The number of amides is 1. The second kappa shape index (κ2) is 11.6. The topological polar surface area (TPSA) is 73.6 Å². The highest BCUT2D eigenvalue weighted by atomic mass is 28.2. The number of nitrogens with one attached hydrogen (secondary N) is 1. The summed E-state index contributed by atoms with van der Waals surface area (Å²) in [6, 6.07) is 1.24. The van der Waals surface area contributed by atoms with Gasteiger partial charge < -0.3 is 20.2 Å². The van der Waals surface area contributed by atoms with Gasteiger partial charge in [-0.1, -0.05) is 13.3 Å². The predicted octanol–water partition coefficient (Wildman–Crippen LogP) is -0.993. The third-order valence-corrected chi connectivity index (χ3v) is 3.31. The maximum Gasteiger partial charge on any atom is 0.231 e. The van der Waals surface area contributed by atoms with E-state index in [4.69, 9.17) is 14.9 Å². The summed E-state index contributed by atoms with van der Waals surface area (Å²) in [6.07, 6.45) is 1.21. The number of hydrogen-bond acceptors (Lipinski definition) is 4. The Hall–Kier alpha value is -0.433. The van der Waals surface area contributed by atoms with Crippen molar-refractivity contribution < 1.29 is 14.0 Å². The van der Waals surface area contributed by atoms with Crippen LogP contribution in [0.2, 0.25) is 6.04 Å². The van der Waals surface area contributed by atoms with Crippen LogP contribution in [0.5, 0.6) is 0 Å². The van der Waals surface area contributed by atoms with E-state index in [2.05, 4.69) is 12.2 Å². The summed E-state index contributed by atoms with van der Waals surface area (Å²) in [7, 11) is -0.300. The third-order valence-electron chi connectivity index (χ3n) is 1.74. The number of hydrogen-bond donors (Lipinski definition) is 2. The highest BCUT2D eigenvalue weighted by Crippen LogP contribution is 1.86. The van der Waals surface area contributed by atoms with Crippen molar-refractivity contribution in [3.8, 4) is 0 Å². The van der Waals surface area contributed by atoms with Crippen molar-refractivity contribution in [3.05, 3.63) is 0 Å². The lowest BCUT2D eigenvalue weighted by atomic mass is 10.6. The van der Waals surface area contributed by atoms with E-state index in [1.165, 1.54) is 12.5 Å². The van der Waals surface area contributed by atoms with E-state index in [0.29, 0.717) is 26.4 Å². The Morgan fingerprint density at radius 3 is 2.87 bits per heavy atom. The number of rotatable bonds is 11. The van der Waals surface area contributed by atoms with Gasteiger partial charge >= 0.3 is 0 Å². The van der Waals surface area contributed by atoms with Gasteiger partial charge in [-0.15, -0.1) is 0 Å². The minimum absolute atomic E-state index is 0.212. The van der Waals surface area contributed by atoms with E-state index in [1.807, 2.05) is 0 Å². The van der Waals surface area contributed by atoms with E-state index in [0.717, 1.165) is 0 Å². The van der Waals surface area contributed by atoms with Crippen molar-refractivity contribution in [2.75, 3.05) is 32.9 Å². The molecule has 0 fully saturated rings. The number of carbonyl (C=O) groups is 1. The standard InChI is InChI=1S/C9H22N2O3Si/c1-2-7-15-14-6-5-13-4-3-11-8-9(10)12/h11H,2-8,15H2,1H3,(H2,10,12). The Labute approximate surface area is 93.6 Å². The maximum atomic E-state index is 10.3. The molecule has 90 valence electrons. The van der Waals surface area contributed by atoms with Gasteiger partial charge in [0.05, 0.1) is 26.4 Å². The average molecular weight is 234 g/mol. The number of ether oxygens (including phenoxy) is 1. The number of nitrogens with two attached hydrogens (primary N) is 1. The van der Waals surface area contributed by atoms with Crippen molar-refractivity contribution in [1.29, 1.82) is 0 Å². The molecule has 0 saturated heterocycles. The number of primary amides is 1. The Kier molecular flexibility index (Phi) is 11.3. The second-order valence-corrected chi connectivity index (χ2v) is 4.74. The van der Waals surface area contributed by atoms with Gasteiger partial charge in [0.1, 0.15) is 0 Å². The van der Waals surface area contributed by atoms with Crippen LogP contribution in [0.3, 0.4) is 0 Å². The largest absolute Gasteiger partial charge is 0.422 e. The first-order valence-corrected chi connectivity index (χ1v) is 6.99. The minimum atomic E-state index is -0.344. The molecule has 15 heavy (non-hydrogen) atoms. The van der Waals surface area contributed by atoms with Crippen LogP contribution in [0.1, 0.15) is 13.3 Å². The van der Waals surface area contributed by atoms with E-state index >= 15 is 0 Å². The Bertz CT molecular complexity index is 158. The molecule has 0 bridgehead atoms. The highest BCUT2D eigenvalue weighted by Gasteiger charge is 1.93. The molecule has 0 saturated carbocycles. The van der Waals surface area contributed by atoms with Gasteiger partial charge in [0.15, 0.2) is 9.76 Å². The molecule has 0 rings (SSSR count). The van der Waals surface area contributed by atoms with Crippen molar-refractivity contribution in [2.45, 2.75) is 19.4 Å². The summed E-state index contributed by atoms with van der Waals surface area (Å²) in [5, 5.41) is 2.86. The van der Waals surface area contributed by atoms with E-state index in [9.17, 15) is 4.79 Å². The zero-order chi connectivity index (χ0) is 11.4. The van der Waals surface area contributed by atoms with Gasteiger partial charge in [-0.05, 0) is 6.04 Å². The average Bonchev–Trinajstić information content (AvgIpc) is 2.20. The molecule has 0 atom stereocenters. The van der Waals surface area contributed by atoms with Crippen LogP contribution in [-0.4, -0.2) is 48.6 Å². The van der Waals surface area contributed by atoms with Gasteiger partial charge in [0.25, 0.3) is 0 Å². The smallest absolute Gasteiger partial charge is 0.231 e. The summed E-state index contributed by atoms with van der Waals surface area (Å²) in [6.45, 7) is 4.94. The third kappa shape index (κ3) is 13.6. The quantitative estimate of drug-likeness (QED) is 0.355. The first-order chi connectivity index (χ1) is 7.27. The summed E-state index contributed by atoms with van der Waals surface area (Å²) in [5.41, 5.74) is 4.94. The fourth-order valence-electron chi connectivity index (χ4n) is 0.924. The molecule has 0 aliphatic carbocycles. The molecule has 1 amide bonds. The van der Waals surface area contributed by atoms with Gasteiger partial charge in [-0.25, -0.2) is 0 Å². The normalized spacial score (nSPS) is 11.3. The van der Waals surface area contributed by atoms with Crippen LogP contribution in [0, 0.1) is 0 Å². The molecular formula is C9H22N2O3Si. The first kappa shape index (κ1) is 14.6. The summed E-state index contributed by atoms with van der Waals surface area (Å²) in [5.74, 6) is -0.344. The van der Waals surface area contributed by atoms with Crippen molar-refractivity contribution in [3.63, 3.8) is 0 Å². The molecule has 0 spiro atoms. The first-order valence-electron chi connectivity index (χ1n) is 5.42. The van der Waals surface area contributed by atoms with Crippen LogP contribution < -0.4 is 11.1 Å². The molecule has 0 aliphatic heterocycles. The molecule has 3 N–H and O–H groups in total. The van der Waals surface area contributed by atoms with Crippen molar-refractivity contribution in [1.82, 2.24) is 5.32 Å². The predicted molar refractivity (Wildman–Crippen MR) is 62.5 cm³/mol. The summed E-state index contributed by atoms with van der Waals surface area (Å²) >= 11 is 0. The Balaban J connectivity index is 2.89. The fraction of sp³-hybridized carbons (Fsp3) is 0.889. The monoisotopic (exact) mass is 234 g/mol. The lowest BCUT2D eigenvalue weighted by molar-refractivity contribution is -0.117. The highest BCUT2D eigenvalue weighted by molar-refractivity contribution is 6.26. The Morgan fingerprint density at radius 2 is 2.20 bits per heavy atom. The molecular weight excluding hydrogens is 212 g/mol. The van der Waals surface area contributed by atoms with Gasteiger partial charge in [0.2, 0.25) is 5.91 Å². The molecule has 0 aromatic heterocycles. The molecule has 5 nitrogen and oxygen atoms in total.